The third-order valence-corrected chi connectivity index (χ3v) is 15.2. The van der Waals surface area contributed by atoms with Crippen molar-refractivity contribution >= 4 is 39.5 Å². The zero-order valence-electron chi connectivity index (χ0n) is 49.1. The number of phosphoric ester groups is 2. The fourth-order valence-corrected chi connectivity index (χ4v) is 10.1. The minimum Gasteiger partial charge on any atom is -0.462 e. The molecule has 0 rings (SSSR count). The molecule has 3 N–H and O–H groups in total. The van der Waals surface area contributed by atoms with Gasteiger partial charge in [-0.3, -0.25) is 37.3 Å². The minimum absolute atomic E-state index is 0.103. The van der Waals surface area contributed by atoms with E-state index in [4.69, 9.17) is 37.0 Å². The number of carbonyl (C=O) groups is 4. The number of esters is 4. The summed E-state index contributed by atoms with van der Waals surface area (Å²) in [6.07, 6.45) is 34.1. The fourth-order valence-electron chi connectivity index (χ4n) is 8.52. The Balaban J connectivity index is 5.05. The molecule has 77 heavy (non-hydrogen) atoms. The van der Waals surface area contributed by atoms with Gasteiger partial charge in [-0.2, -0.15) is 0 Å². The van der Waals surface area contributed by atoms with Crippen molar-refractivity contribution in [2.45, 2.75) is 303 Å². The fraction of sp³-hybridized carbons (Fsp3) is 0.931. The molecule has 19 heteroatoms. The zero-order valence-corrected chi connectivity index (χ0v) is 50.9. The summed E-state index contributed by atoms with van der Waals surface area (Å²) in [7, 11) is -9.85. The van der Waals surface area contributed by atoms with Crippen LogP contribution in [0.15, 0.2) is 0 Å². The second-order valence-electron chi connectivity index (χ2n) is 21.5. The Morgan fingerprint density at radius 1 is 0.351 bits per heavy atom. The highest BCUT2D eigenvalue weighted by Gasteiger charge is 2.30. The van der Waals surface area contributed by atoms with Gasteiger partial charge in [-0.25, -0.2) is 9.13 Å². The summed E-state index contributed by atoms with van der Waals surface area (Å²) >= 11 is 0. The SMILES string of the molecule is CCCCCCCCCC(=O)OC[C@H](COP(=O)(O)OC[C@@H](O)COP(=O)(O)OC[C@@H](COC(=O)CCCCCCC)OC(=O)CCCCCCCCC)OC(=O)CCCCCCCCCCCCCCCCCC(C)C. The molecular formula is C58H112O17P2. The van der Waals surface area contributed by atoms with E-state index in [1.54, 1.807) is 0 Å². The van der Waals surface area contributed by atoms with Gasteiger partial charge in [-0.15, -0.1) is 0 Å². The first-order valence-electron chi connectivity index (χ1n) is 30.6. The van der Waals surface area contributed by atoms with Crippen molar-refractivity contribution in [3.8, 4) is 0 Å². The average molecular weight is 1140 g/mol. The molecule has 0 amide bonds. The van der Waals surface area contributed by atoms with Crippen LogP contribution >= 0.6 is 15.6 Å². The summed E-state index contributed by atoms with van der Waals surface area (Å²) in [5.74, 6) is -1.36. The molecule has 0 aromatic carbocycles. The molecule has 0 bridgehead atoms. The third kappa shape index (κ3) is 53.2. The summed E-state index contributed by atoms with van der Waals surface area (Å²) in [6.45, 7) is 7.00. The second-order valence-corrected chi connectivity index (χ2v) is 24.4. The lowest BCUT2D eigenvalue weighted by molar-refractivity contribution is -0.161. The summed E-state index contributed by atoms with van der Waals surface area (Å²) in [5, 5.41) is 10.5. The normalized spacial score (nSPS) is 14.4. The van der Waals surface area contributed by atoms with Crippen LogP contribution in [0.4, 0.5) is 0 Å². The standard InChI is InChI=1S/C58H112O17P2/c1-6-9-12-15-26-32-37-42-56(61)69-48-54(75-58(63)44-39-34-29-25-23-21-19-17-18-20-22-24-28-31-35-40-51(4)5)50-73-77(66,67)71-46-52(59)45-70-76(64,65)72-49-53(47-68-55(60)41-36-30-14-11-8-3)74-57(62)43-38-33-27-16-13-10-7-2/h51-54,59H,6-50H2,1-5H3,(H,64,65)(H,66,67)/t52-,53+,54+/m0/s1. The van der Waals surface area contributed by atoms with Crippen molar-refractivity contribution in [2.75, 3.05) is 39.6 Å². The van der Waals surface area contributed by atoms with Gasteiger partial charge in [0.1, 0.15) is 19.3 Å². The summed E-state index contributed by atoms with van der Waals surface area (Å²) in [4.78, 5) is 71.4. The highest BCUT2D eigenvalue weighted by molar-refractivity contribution is 7.47. The van der Waals surface area contributed by atoms with E-state index < -0.39 is 97.5 Å². The van der Waals surface area contributed by atoms with Crippen LogP contribution in [-0.2, 0) is 65.4 Å². The van der Waals surface area contributed by atoms with Crippen LogP contribution in [-0.4, -0.2) is 96.7 Å². The quantitative estimate of drug-likeness (QED) is 0.0222. The molecule has 0 spiro atoms. The Bertz CT molecular complexity index is 1520. The van der Waals surface area contributed by atoms with Gasteiger partial charge in [0, 0.05) is 25.7 Å². The van der Waals surface area contributed by atoms with E-state index in [-0.39, 0.29) is 25.7 Å². The van der Waals surface area contributed by atoms with E-state index in [0.29, 0.717) is 25.7 Å². The minimum atomic E-state index is -4.93. The molecule has 0 saturated carbocycles. The van der Waals surface area contributed by atoms with Gasteiger partial charge >= 0.3 is 39.5 Å². The Labute approximate surface area is 467 Å². The lowest BCUT2D eigenvalue weighted by Crippen LogP contribution is -2.30. The van der Waals surface area contributed by atoms with Gasteiger partial charge in [0.25, 0.3) is 0 Å². The van der Waals surface area contributed by atoms with Crippen molar-refractivity contribution in [1.82, 2.24) is 0 Å². The van der Waals surface area contributed by atoms with Crippen LogP contribution < -0.4 is 0 Å². The predicted octanol–water partition coefficient (Wildman–Crippen LogP) is 15.5. The second kappa shape index (κ2) is 52.2. The summed E-state index contributed by atoms with van der Waals surface area (Å²) in [5.41, 5.74) is 0. The first-order valence-corrected chi connectivity index (χ1v) is 33.6. The molecule has 0 radical (unpaired) electrons. The molecule has 0 fully saturated rings. The molecule has 0 aliphatic heterocycles. The molecule has 456 valence electrons. The molecule has 0 heterocycles. The van der Waals surface area contributed by atoms with Gasteiger partial charge in [-0.05, 0) is 31.6 Å². The number of ether oxygens (including phenoxy) is 4. The Morgan fingerprint density at radius 2 is 0.597 bits per heavy atom. The number of phosphoric acid groups is 2. The number of aliphatic hydroxyl groups excluding tert-OH is 1. The highest BCUT2D eigenvalue weighted by atomic mass is 31.2. The molecule has 17 nitrogen and oxygen atoms in total. The molecule has 2 unspecified atom stereocenters. The van der Waals surface area contributed by atoms with E-state index in [2.05, 4.69) is 34.6 Å². The lowest BCUT2D eigenvalue weighted by atomic mass is 10.0. The van der Waals surface area contributed by atoms with E-state index in [1.807, 2.05) is 0 Å². The largest absolute Gasteiger partial charge is 0.472 e. The monoisotopic (exact) mass is 1140 g/mol. The van der Waals surface area contributed by atoms with E-state index in [0.717, 1.165) is 128 Å². The Kier molecular flexibility index (Phi) is 50.8. The number of rotatable bonds is 58. The van der Waals surface area contributed by atoms with Gasteiger partial charge in [0.15, 0.2) is 12.2 Å². The van der Waals surface area contributed by atoms with Gasteiger partial charge in [-0.1, -0.05) is 234 Å². The summed E-state index contributed by atoms with van der Waals surface area (Å²) in [6, 6.07) is 0. The maximum atomic E-state index is 12.9. The van der Waals surface area contributed by atoms with Gasteiger partial charge in [0.2, 0.25) is 0 Å². The first kappa shape index (κ1) is 75.1. The number of hydrogen-bond acceptors (Lipinski definition) is 15. The zero-order chi connectivity index (χ0) is 57.1. The van der Waals surface area contributed by atoms with E-state index in [9.17, 15) is 43.2 Å². The average Bonchev–Trinajstić information content (AvgIpc) is 3.39. The predicted molar refractivity (Wildman–Crippen MR) is 303 cm³/mol. The van der Waals surface area contributed by atoms with Crippen LogP contribution in [0.5, 0.6) is 0 Å². The molecule has 0 aliphatic carbocycles. The number of hydrogen-bond donors (Lipinski definition) is 3. The Hall–Kier alpha value is -1.94. The molecule has 0 aromatic rings. The maximum Gasteiger partial charge on any atom is 0.472 e. The van der Waals surface area contributed by atoms with Crippen LogP contribution in [0.25, 0.3) is 0 Å². The molecule has 0 saturated heterocycles. The number of carbonyl (C=O) groups excluding carboxylic acids is 4. The Morgan fingerprint density at radius 3 is 0.883 bits per heavy atom. The maximum absolute atomic E-state index is 12.9. The number of unbranched alkanes of at least 4 members (excludes halogenated alkanes) is 30. The van der Waals surface area contributed by atoms with Crippen molar-refractivity contribution in [1.29, 1.82) is 0 Å². The van der Waals surface area contributed by atoms with Gasteiger partial charge < -0.3 is 33.8 Å². The van der Waals surface area contributed by atoms with Crippen LogP contribution in [0, 0.1) is 5.92 Å². The molecule has 5 atom stereocenters. The van der Waals surface area contributed by atoms with Gasteiger partial charge in [0.05, 0.1) is 26.4 Å². The van der Waals surface area contributed by atoms with E-state index in [1.165, 1.54) is 77.0 Å². The molecule has 0 aliphatic rings. The number of aliphatic hydroxyl groups is 1. The van der Waals surface area contributed by atoms with E-state index >= 15 is 0 Å². The van der Waals surface area contributed by atoms with Crippen molar-refractivity contribution in [3.05, 3.63) is 0 Å². The van der Waals surface area contributed by atoms with Crippen molar-refractivity contribution < 1.29 is 80.2 Å². The van der Waals surface area contributed by atoms with Crippen LogP contribution in [0.2, 0.25) is 0 Å². The smallest absolute Gasteiger partial charge is 0.462 e. The van der Waals surface area contributed by atoms with Crippen molar-refractivity contribution in [3.63, 3.8) is 0 Å². The van der Waals surface area contributed by atoms with Crippen molar-refractivity contribution in [2.24, 2.45) is 5.92 Å². The lowest BCUT2D eigenvalue weighted by Gasteiger charge is -2.21. The summed E-state index contributed by atoms with van der Waals surface area (Å²) < 4.78 is 67.3. The van der Waals surface area contributed by atoms with Crippen LogP contribution in [0.1, 0.15) is 285 Å². The third-order valence-electron chi connectivity index (χ3n) is 13.3. The topological polar surface area (TPSA) is 237 Å². The van der Waals surface area contributed by atoms with Crippen LogP contribution in [0.3, 0.4) is 0 Å². The first-order chi connectivity index (χ1) is 37.0. The molecular weight excluding hydrogens is 1030 g/mol. The highest BCUT2D eigenvalue weighted by Crippen LogP contribution is 2.45. The molecule has 0 aromatic heterocycles.